The number of hydrogen-bond donors (Lipinski definition) is 0. The fourth-order valence-electron chi connectivity index (χ4n) is 1.31. The summed E-state index contributed by atoms with van der Waals surface area (Å²) in [5.41, 5.74) is 2.54. The summed E-state index contributed by atoms with van der Waals surface area (Å²) in [5, 5.41) is 1.22. The maximum absolute atomic E-state index is 2.69. The molecule has 0 aliphatic carbocycles. The predicted octanol–water partition coefficient (Wildman–Crippen LogP) is 3.70. The van der Waals surface area contributed by atoms with Crippen LogP contribution in [0, 0.1) is 0 Å². The largest absolute Gasteiger partial charge is 0.147 e. The molecule has 0 aliphatic rings. The van der Waals surface area contributed by atoms with Gasteiger partial charge in [0.05, 0.1) is 0 Å². The number of hydrogen-bond acceptors (Lipinski definition) is 0. The van der Waals surface area contributed by atoms with E-state index in [1.165, 1.54) is 16.4 Å². The van der Waals surface area contributed by atoms with Gasteiger partial charge in [0.2, 0.25) is 0 Å². The van der Waals surface area contributed by atoms with Gasteiger partial charge in [-0.05, 0) is 16.4 Å². The zero-order valence-electron chi connectivity index (χ0n) is 8.09. The second kappa shape index (κ2) is 6.85. The molecule has 1 unspecified atom stereocenters. The van der Waals surface area contributed by atoms with Gasteiger partial charge in [0, 0.05) is 0 Å². The average molecular weight is 259 g/mol. The minimum Gasteiger partial charge on any atom is -0.147 e. The van der Waals surface area contributed by atoms with Crippen molar-refractivity contribution >= 4 is 39.4 Å². The molecule has 3 heteroatoms. The molecule has 80 valence electrons. The lowest BCUT2D eigenvalue weighted by atomic mass is 10.1. The van der Waals surface area contributed by atoms with Crippen LogP contribution >= 0.6 is 34.1 Å². The Hall–Kier alpha value is -0.550. The highest BCUT2D eigenvalue weighted by molar-refractivity contribution is 7.27. The third kappa shape index (κ3) is 3.83. The summed E-state index contributed by atoms with van der Waals surface area (Å²) in [4.78, 5) is 0. The fourth-order valence-corrected chi connectivity index (χ4v) is 1.50. The topological polar surface area (TPSA) is 0 Å². The van der Waals surface area contributed by atoms with Crippen molar-refractivity contribution < 1.29 is 0 Å². The first-order valence-electron chi connectivity index (χ1n) is 4.27. The van der Waals surface area contributed by atoms with Gasteiger partial charge >= 0.3 is 0 Å². The summed E-state index contributed by atoms with van der Waals surface area (Å²) >= 11 is 0. The fraction of sp³-hybridized carbons (Fsp3) is 0. The standard InChI is InChI=1S/C12H11P.2ClH/c13-12-8-6-11(7-9-12)10-4-2-1-3-5-10;;/h1-9H,13H2;2*1H. The molecule has 0 heterocycles. The predicted molar refractivity (Wildman–Crippen MR) is 75.7 cm³/mol. The molecule has 2 rings (SSSR count). The van der Waals surface area contributed by atoms with Gasteiger partial charge in [0.15, 0.2) is 0 Å². The number of rotatable bonds is 1. The molecular formula is C12H13Cl2P. The van der Waals surface area contributed by atoms with Gasteiger partial charge in [-0.3, -0.25) is 0 Å². The quantitative estimate of drug-likeness (QED) is 0.685. The van der Waals surface area contributed by atoms with Crippen molar-refractivity contribution in [2.45, 2.75) is 0 Å². The molecule has 0 spiro atoms. The molecule has 0 amide bonds. The second-order valence-electron chi connectivity index (χ2n) is 2.99. The van der Waals surface area contributed by atoms with E-state index >= 15 is 0 Å². The van der Waals surface area contributed by atoms with Crippen LogP contribution in [0.4, 0.5) is 0 Å². The highest BCUT2D eigenvalue weighted by Gasteiger charge is 1.93. The molecule has 0 bridgehead atoms. The van der Waals surface area contributed by atoms with Crippen molar-refractivity contribution in [2.75, 3.05) is 0 Å². The monoisotopic (exact) mass is 258 g/mol. The molecule has 2 aromatic carbocycles. The third-order valence-electron chi connectivity index (χ3n) is 2.02. The Morgan fingerprint density at radius 1 is 0.600 bits per heavy atom. The van der Waals surface area contributed by atoms with E-state index in [4.69, 9.17) is 0 Å². The Kier molecular flexibility index (Phi) is 6.60. The van der Waals surface area contributed by atoms with Crippen LogP contribution in [-0.2, 0) is 0 Å². The molecule has 0 saturated heterocycles. The van der Waals surface area contributed by atoms with Crippen molar-refractivity contribution in [3.63, 3.8) is 0 Å². The highest BCUT2D eigenvalue weighted by Crippen LogP contribution is 2.17. The molecule has 0 saturated carbocycles. The molecule has 0 nitrogen and oxygen atoms in total. The van der Waals surface area contributed by atoms with Crippen LogP contribution in [0.2, 0.25) is 0 Å². The lowest BCUT2D eigenvalue weighted by molar-refractivity contribution is 1.64. The SMILES string of the molecule is Cl.Cl.Pc1ccc(-c2ccccc2)cc1. The number of halogens is 2. The van der Waals surface area contributed by atoms with E-state index in [2.05, 4.69) is 57.8 Å². The summed E-state index contributed by atoms with van der Waals surface area (Å²) in [5.74, 6) is 0. The van der Waals surface area contributed by atoms with E-state index in [0.717, 1.165) is 0 Å². The second-order valence-corrected chi connectivity index (χ2v) is 3.65. The van der Waals surface area contributed by atoms with E-state index in [9.17, 15) is 0 Å². The van der Waals surface area contributed by atoms with Crippen LogP contribution in [0.15, 0.2) is 54.6 Å². The Morgan fingerprint density at radius 2 is 1.07 bits per heavy atom. The van der Waals surface area contributed by atoms with Crippen molar-refractivity contribution in [2.24, 2.45) is 0 Å². The molecule has 0 radical (unpaired) electrons. The summed E-state index contributed by atoms with van der Waals surface area (Å²) in [6.45, 7) is 0. The van der Waals surface area contributed by atoms with Gasteiger partial charge < -0.3 is 0 Å². The molecule has 0 N–H and O–H groups in total. The molecular weight excluding hydrogens is 246 g/mol. The van der Waals surface area contributed by atoms with Crippen LogP contribution in [0.1, 0.15) is 0 Å². The minimum atomic E-state index is 0. The molecule has 1 atom stereocenters. The van der Waals surface area contributed by atoms with Gasteiger partial charge in [-0.2, -0.15) is 0 Å². The van der Waals surface area contributed by atoms with Crippen molar-refractivity contribution in [1.29, 1.82) is 0 Å². The summed E-state index contributed by atoms with van der Waals surface area (Å²) in [7, 11) is 2.69. The van der Waals surface area contributed by atoms with E-state index in [1.807, 2.05) is 6.07 Å². The summed E-state index contributed by atoms with van der Waals surface area (Å²) < 4.78 is 0. The first-order valence-corrected chi connectivity index (χ1v) is 4.85. The maximum atomic E-state index is 2.69. The molecule has 2 aromatic rings. The molecule has 15 heavy (non-hydrogen) atoms. The van der Waals surface area contributed by atoms with E-state index in [-0.39, 0.29) is 24.8 Å². The summed E-state index contributed by atoms with van der Waals surface area (Å²) in [6.07, 6.45) is 0. The first kappa shape index (κ1) is 14.5. The first-order chi connectivity index (χ1) is 6.36. The highest BCUT2D eigenvalue weighted by atomic mass is 35.5. The Bertz CT molecular complexity index is 384. The van der Waals surface area contributed by atoms with Gasteiger partial charge in [0.25, 0.3) is 0 Å². The zero-order chi connectivity index (χ0) is 9.10. The normalized spacial score (nSPS) is 8.60. The average Bonchev–Trinajstić information content (AvgIpc) is 2.20. The smallest absolute Gasteiger partial charge is 0.0184 e. The van der Waals surface area contributed by atoms with Gasteiger partial charge in [0.1, 0.15) is 0 Å². The van der Waals surface area contributed by atoms with E-state index in [0.29, 0.717) is 0 Å². The Morgan fingerprint density at radius 3 is 1.60 bits per heavy atom. The molecule has 0 aromatic heterocycles. The van der Waals surface area contributed by atoms with Crippen molar-refractivity contribution in [3.05, 3.63) is 54.6 Å². The lowest BCUT2D eigenvalue weighted by Gasteiger charge is -2.00. The van der Waals surface area contributed by atoms with Crippen molar-refractivity contribution in [1.82, 2.24) is 0 Å². The lowest BCUT2D eigenvalue weighted by Crippen LogP contribution is -1.87. The molecule has 0 aliphatic heterocycles. The number of benzene rings is 2. The summed E-state index contributed by atoms with van der Waals surface area (Å²) in [6, 6.07) is 18.9. The van der Waals surface area contributed by atoms with Crippen molar-refractivity contribution in [3.8, 4) is 11.1 Å². The molecule has 0 fully saturated rings. The Balaban J connectivity index is 0.000000980. The minimum absolute atomic E-state index is 0. The van der Waals surface area contributed by atoms with Gasteiger partial charge in [-0.1, -0.05) is 54.6 Å². The van der Waals surface area contributed by atoms with Crippen LogP contribution in [0.3, 0.4) is 0 Å². The van der Waals surface area contributed by atoms with Gasteiger partial charge in [-0.15, -0.1) is 34.1 Å². The van der Waals surface area contributed by atoms with Gasteiger partial charge in [-0.25, -0.2) is 0 Å². The van der Waals surface area contributed by atoms with E-state index in [1.54, 1.807) is 0 Å². The van der Waals surface area contributed by atoms with Crippen LogP contribution in [0.5, 0.6) is 0 Å². The van der Waals surface area contributed by atoms with E-state index < -0.39 is 0 Å². The maximum Gasteiger partial charge on any atom is -0.0184 e. The Labute approximate surface area is 105 Å². The van der Waals surface area contributed by atoms with Crippen LogP contribution in [-0.4, -0.2) is 0 Å². The third-order valence-corrected chi connectivity index (χ3v) is 2.40. The zero-order valence-corrected chi connectivity index (χ0v) is 10.9. The van der Waals surface area contributed by atoms with Crippen LogP contribution < -0.4 is 5.30 Å². The van der Waals surface area contributed by atoms with Crippen LogP contribution in [0.25, 0.3) is 11.1 Å².